The highest BCUT2D eigenvalue weighted by molar-refractivity contribution is 7.92. The molecule has 0 spiro atoms. The van der Waals surface area contributed by atoms with Gasteiger partial charge in [-0.1, -0.05) is 24.3 Å². The Morgan fingerprint density at radius 3 is 2.44 bits per heavy atom. The predicted octanol–water partition coefficient (Wildman–Crippen LogP) is 5.81. The van der Waals surface area contributed by atoms with Crippen LogP contribution in [-0.4, -0.2) is 31.5 Å². The molecule has 3 aromatic rings. The molecule has 1 aromatic carbocycles. The quantitative estimate of drug-likeness (QED) is 0.304. The number of hydrogen-bond donors (Lipinski definition) is 1. The Kier molecular flexibility index (Phi) is 7.27. The molecule has 34 heavy (non-hydrogen) atoms. The molecule has 0 unspecified atom stereocenters. The van der Waals surface area contributed by atoms with Crippen LogP contribution in [0.3, 0.4) is 0 Å². The number of sulfonamides is 1. The van der Waals surface area contributed by atoms with Crippen LogP contribution in [0.15, 0.2) is 77.9 Å². The first kappa shape index (κ1) is 25.2. The molecule has 0 aliphatic heterocycles. The number of alkyl halides is 3. The molecule has 180 valence electrons. The fourth-order valence-corrected chi connectivity index (χ4v) is 4.18. The van der Waals surface area contributed by atoms with Crippen molar-refractivity contribution in [2.45, 2.75) is 18.2 Å². The van der Waals surface area contributed by atoms with E-state index in [4.69, 9.17) is 16.3 Å². The molecule has 0 bridgehead atoms. The van der Waals surface area contributed by atoms with Gasteiger partial charge >= 0.3 is 6.36 Å². The van der Waals surface area contributed by atoms with Crippen LogP contribution >= 0.6 is 11.6 Å². The van der Waals surface area contributed by atoms with E-state index in [1.807, 2.05) is 0 Å². The topological polar surface area (TPSA) is 81.9 Å². The third-order valence-corrected chi connectivity index (χ3v) is 6.21. The Labute approximate surface area is 198 Å². The monoisotopic (exact) mass is 513 g/mol. The lowest BCUT2D eigenvalue weighted by Gasteiger charge is -2.12. The SMILES string of the molecule is C=C/C(=C\C(=C/C)c1cc2c(Cl)ccc(NS(=O)(=O)c3ccc(OC(F)(F)F)cc3)n2n1)OC. The van der Waals surface area contributed by atoms with E-state index in [2.05, 4.69) is 21.1 Å². The average Bonchev–Trinajstić information content (AvgIpc) is 3.22. The highest BCUT2D eigenvalue weighted by Crippen LogP contribution is 2.28. The van der Waals surface area contributed by atoms with Gasteiger partial charge in [0.05, 0.1) is 28.2 Å². The molecule has 0 saturated carbocycles. The molecule has 0 fully saturated rings. The first-order valence-corrected chi connectivity index (χ1v) is 11.4. The van der Waals surface area contributed by atoms with Gasteiger partial charge in [0, 0.05) is 5.57 Å². The van der Waals surface area contributed by atoms with Crippen molar-refractivity contribution in [3.05, 3.63) is 83.7 Å². The number of methoxy groups -OCH3 is 1. The number of nitrogens with zero attached hydrogens (tertiary/aromatic N) is 2. The summed E-state index contributed by atoms with van der Waals surface area (Å²) in [5.74, 6) is 0.0189. The minimum absolute atomic E-state index is 0.0661. The standard InChI is InChI=1S/C22H19ClF3N3O4S/c1-4-14(12-15(5-2)32-3)19-13-20-18(23)10-11-21(29(20)27-19)28-34(30,31)17-8-6-16(7-9-17)33-22(24,25)26/h4-13,28H,2H2,1,3H3/b14-4+,15-12+. The number of nitrogens with one attached hydrogen (secondary N) is 1. The number of hydrogen-bond acceptors (Lipinski definition) is 5. The number of benzene rings is 1. The van der Waals surface area contributed by atoms with Crippen LogP contribution in [0.2, 0.25) is 5.02 Å². The summed E-state index contributed by atoms with van der Waals surface area (Å²) in [6, 6.07) is 8.39. The van der Waals surface area contributed by atoms with E-state index < -0.39 is 22.1 Å². The Morgan fingerprint density at radius 1 is 1.21 bits per heavy atom. The lowest BCUT2D eigenvalue weighted by atomic mass is 10.1. The van der Waals surface area contributed by atoms with Crippen molar-refractivity contribution in [3.8, 4) is 5.75 Å². The zero-order valence-electron chi connectivity index (χ0n) is 17.9. The lowest BCUT2D eigenvalue weighted by molar-refractivity contribution is -0.274. The van der Waals surface area contributed by atoms with E-state index in [9.17, 15) is 21.6 Å². The number of rotatable bonds is 8. The minimum Gasteiger partial charge on any atom is -0.497 e. The number of halogens is 4. The van der Waals surface area contributed by atoms with Crippen LogP contribution in [0.1, 0.15) is 12.6 Å². The Balaban J connectivity index is 1.98. The summed E-state index contributed by atoms with van der Waals surface area (Å²) in [5.41, 5.74) is 1.59. The van der Waals surface area contributed by atoms with Gasteiger partial charge in [-0.3, -0.25) is 4.72 Å². The number of aromatic nitrogens is 2. The molecule has 2 heterocycles. The average molecular weight is 514 g/mol. The number of allylic oxidation sites excluding steroid dienone is 4. The second-order valence-corrected chi connectivity index (χ2v) is 8.81. The van der Waals surface area contributed by atoms with Crippen LogP contribution in [0.4, 0.5) is 19.0 Å². The molecular formula is C22H19ClF3N3O4S. The third kappa shape index (κ3) is 5.72. The van der Waals surface area contributed by atoms with Gasteiger partial charge in [0.1, 0.15) is 17.3 Å². The van der Waals surface area contributed by atoms with E-state index in [0.29, 0.717) is 27.6 Å². The second-order valence-electron chi connectivity index (χ2n) is 6.72. The van der Waals surface area contributed by atoms with Gasteiger partial charge in [-0.25, -0.2) is 12.9 Å². The fraction of sp³-hybridized carbons (Fsp3) is 0.136. The summed E-state index contributed by atoms with van der Waals surface area (Å²) in [5, 5.41) is 4.78. The highest BCUT2D eigenvalue weighted by Gasteiger charge is 2.31. The summed E-state index contributed by atoms with van der Waals surface area (Å²) < 4.78 is 75.4. The molecule has 12 heteroatoms. The first-order chi connectivity index (χ1) is 16.0. The molecule has 1 N–H and O–H groups in total. The first-order valence-electron chi connectivity index (χ1n) is 9.59. The maximum absolute atomic E-state index is 12.9. The summed E-state index contributed by atoms with van der Waals surface area (Å²) in [4.78, 5) is -0.273. The molecule has 0 atom stereocenters. The summed E-state index contributed by atoms with van der Waals surface area (Å²) in [6.45, 7) is 5.46. The molecular weight excluding hydrogens is 495 g/mol. The second kappa shape index (κ2) is 9.82. The van der Waals surface area contributed by atoms with Crippen LogP contribution in [0, 0.1) is 0 Å². The summed E-state index contributed by atoms with van der Waals surface area (Å²) >= 11 is 6.29. The van der Waals surface area contributed by atoms with E-state index in [-0.39, 0.29) is 10.7 Å². The number of fused-ring (bicyclic) bond motifs is 1. The van der Waals surface area contributed by atoms with Crippen molar-refractivity contribution >= 4 is 38.5 Å². The summed E-state index contributed by atoms with van der Waals surface area (Å²) in [6.07, 6.45) is 0.128. The van der Waals surface area contributed by atoms with Crippen molar-refractivity contribution < 1.29 is 31.1 Å². The van der Waals surface area contributed by atoms with Crippen molar-refractivity contribution in [3.63, 3.8) is 0 Å². The molecule has 3 rings (SSSR count). The van der Waals surface area contributed by atoms with Gasteiger partial charge in [0.2, 0.25) is 0 Å². The van der Waals surface area contributed by atoms with Gasteiger partial charge in [-0.2, -0.15) is 5.10 Å². The van der Waals surface area contributed by atoms with Crippen molar-refractivity contribution in [1.82, 2.24) is 9.61 Å². The van der Waals surface area contributed by atoms with Gasteiger partial charge < -0.3 is 9.47 Å². The third-order valence-electron chi connectivity index (χ3n) is 4.52. The van der Waals surface area contributed by atoms with Gasteiger partial charge in [0.15, 0.2) is 0 Å². The van der Waals surface area contributed by atoms with E-state index in [1.54, 1.807) is 25.1 Å². The molecule has 2 aromatic heterocycles. The van der Waals surface area contributed by atoms with Crippen LogP contribution in [0.5, 0.6) is 5.75 Å². The van der Waals surface area contributed by atoms with Gasteiger partial charge in [0.25, 0.3) is 10.0 Å². The van der Waals surface area contributed by atoms with E-state index >= 15 is 0 Å². The Morgan fingerprint density at radius 2 is 1.88 bits per heavy atom. The zero-order valence-corrected chi connectivity index (χ0v) is 19.5. The lowest BCUT2D eigenvalue weighted by Crippen LogP contribution is -2.18. The highest BCUT2D eigenvalue weighted by atomic mass is 35.5. The van der Waals surface area contributed by atoms with Crippen LogP contribution in [-0.2, 0) is 14.8 Å². The Hall–Kier alpha value is -3.44. The van der Waals surface area contributed by atoms with E-state index in [1.165, 1.54) is 29.8 Å². The van der Waals surface area contributed by atoms with E-state index in [0.717, 1.165) is 24.3 Å². The minimum atomic E-state index is -4.89. The number of pyridine rings is 1. The van der Waals surface area contributed by atoms with Crippen LogP contribution in [0.25, 0.3) is 11.1 Å². The van der Waals surface area contributed by atoms with Crippen molar-refractivity contribution in [2.75, 3.05) is 11.8 Å². The molecule has 0 amide bonds. The van der Waals surface area contributed by atoms with Crippen molar-refractivity contribution in [1.29, 1.82) is 0 Å². The van der Waals surface area contributed by atoms with Gasteiger partial charge in [-0.05, 0) is 61.5 Å². The van der Waals surface area contributed by atoms with Gasteiger partial charge in [-0.15, -0.1) is 13.2 Å². The van der Waals surface area contributed by atoms with Crippen LogP contribution < -0.4 is 9.46 Å². The Bertz CT molecular complexity index is 1380. The molecule has 0 aliphatic carbocycles. The smallest absolute Gasteiger partial charge is 0.497 e. The number of anilines is 1. The maximum atomic E-state index is 12.9. The molecule has 7 nitrogen and oxygen atoms in total. The fourth-order valence-electron chi connectivity index (χ4n) is 2.94. The van der Waals surface area contributed by atoms with Crippen molar-refractivity contribution in [2.24, 2.45) is 0 Å². The predicted molar refractivity (Wildman–Crippen MR) is 123 cm³/mol. The maximum Gasteiger partial charge on any atom is 0.573 e. The normalized spacial score (nSPS) is 13.1. The zero-order chi connectivity index (χ0) is 25.1. The molecule has 0 aliphatic rings. The number of ether oxygens (including phenoxy) is 2. The largest absolute Gasteiger partial charge is 0.573 e. The molecule has 0 radical (unpaired) electrons. The summed E-state index contributed by atoms with van der Waals surface area (Å²) in [7, 11) is -2.68. The molecule has 0 saturated heterocycles.